The van der Waals surface area contributed by atoms with Crippen LogP contribution in [0, 0.1) is 0 Å². The van der Waals surface area contributed by atoms with Crippen molar-refractivity contribution in [3.05, 3.63) is 28.8 Å². The summed E-state index contributed by atoms with van der Waals surface area (Å²) in [6, 6.07) is 5.30. The number of hydrogen-bond donors (Lipinski definition) is 2. The van der Waals surface area contributed by atoms with Crippen molar-refractivity contribution >= 4 is 23.3 Å². The number of halogens is 1. The Morgan fingerprint density at radius 2 is 2.20 bits per heavy atom. The van der Waals surface area contributed by atoms with E-state index in [1.807, 2.05) is 6.07 Å². The summed E-state index contributed by atoms with van der Waals surface area (Å²) in [5.74, 6) is -0.455. The molecule has 6 heteroatoms. The van der Waals surface area contributed by atoms with Gasteiger partial charge in [0.05, 0.1) is 24.3 Å². The van der Waals surface area contributed by atoms with Gasteiger partial charge in [-0.2, -0.15) is 0 Å². The predicted molar refractivity (Wildman–Crippen MR) is 80.4 cm³/mol. The normalized spacial score (nSPS) is 12.0. The van der Waals surface area contributed by atoms with E-state index in [-0.39, 0.29) is 6.04 Å². The SMILES string of the molecule is COCC(CCCN)Nc1ccc(Cl)c(C(=O)OC)c1. The maximum Gasteiger partial charge on any atom is 0.339 e. The van der Waals surface area contributed by atoms with Crippen LogP contribution in [0.3, 0.4) is 0 Å². The molecule has 0 aliphatic heterocycles. The van der Waals surface area contributed by atoms with Crippen molar-refractivity contribution in [2.45, 2.75) is 18.9 Å². The molecule has 0 radical (unpaired) electrons. The Morgan fingerprint density at radius 1 is 1.45 bits per heavy atom. The highest BCUT2D eigenvalue weighted by molar-refractivity contribution is 6.33. The smallest absolute Gasteiger partial charge is 0.339 e. The molecule has 112 valence electrons. The van der Waals surface area contributed by atoms with Crippen LogP contribution in [0.4, 0.5) is 5.69 Å². The van der Waals surface area contributed by atoms with E-state index in [0.717, 1.165) is 18.5 Å². The fourth-order valence-electron chi connectivity index (χ4n) is 1.88. The minimum atomic E-state index is -0.455. The lowest BCUT2D eigenvalue weighted by Gasteiger charge is -2.19. The first-order valence-corrected chi connectivity index (χ1v) is 6.83. The average Bonchev–Trinajstić information content (AvgIpc) is 2.46. The number of nitrogens with two attached hydrogens (primary N) is 1. The highest BCUT2D eigenvalue weighted by atomic mass is 35.5. The number of hydrogen-bond acceptors (Lipinski definition) is 5. The first kappa shape index (κ1) is 16.8. The number of nitrogens with one attached hydrogen (secondary N) is 1. The fraction of sp³-hybridized carbons (Fsp3) is 0.500. The fourth-order valence-corrected chi connectivity index (χ4v) is 2.07. The van der Waals surface area contributed by atoms with Gasteiger partial charge in [0.25, 0.3) is 0 Å². The molecule has 0 bridgehead atoms. The Morgan fingerprint density at radius 3 is 2.80 bits per heavy atom. The number of ether oxygens (including phenoxy) is 2. The Bertz CT molecular complexity index is 440. The molecule has 0 heterocycles. The molecule has 1 rings (SSSR count). The van der Waals surface area contributed by atoms with Crippen molar-refractivity contribution < 1.29 is 14.3 Å². The zero-order chi connectivity index (χ0) is 15.0. The number of esters is 1. The van der Waals surface area contributed by atoms with Crippen molar-refractivity contribution in [1.82, 2.24) is 0 Å². The van der Waals surface area contributed by atoms with Crippen LogP contribution in [0.1, 0.15) is 23.2 Å². The molecule has 1 aromatic carbocycles. The summed E-state index contributed by atoms with van der Waals surface area (Å²) in [7, 11) is 2.98. The van der Waals surface area contributed by atoms with Crippen molar-refractivity contribution in [1.29, 1.82) is 0 Å². The first-order chi connectivity index (χ1) is 9.62. The van der Waals surface area contributed by atoms with E-state index >= 15 is 0 Å². The largest absolute Gasteiger partial charge is 0.465 e. The lowest BCUT2D eigenvalue weighted by molar-refractivity contribution is 0.0601. The molecule has 1 unspecified atom stereocenters. The summed E-state index contributed by atoms with van der Waals surface area (Å²) < 4.78 is 9.87. The molecular formula is C14H21ClN2O3. The van der Waals surface area contributed by atoms with Gasteiger partial charge in [0.15, 0.2) is 0 Å². The lowest BCUT2D eigenvalue weighted by atomic mass is 10.1. The van der Waals surface area contributed by atoms with Crippen LogP contribution in [0.2, 0.25) is 5.02 Å². The van der Waals surface area contributed by atoms with Gasteiger partial charge in [-0.25, -0.2) is 4.79 Å². The second-order valence-corrected chi connectivity index (χ2v) is 4.82. The molecule has 1 atom stereocenters. The highest BCUT2D eigenvalue weighted by Gasteiger charge is 2.13. The molecule has 0 spiro atoms. The topological polar surface area (TPSA) is 73.6 Å². The van der Waals surface area contributed by atoms with Crippen LogP contribution in [0.25, 0.3) is 0 Å². The molecule has 1 aromatic rings. The summed E-state index contributed by atoms with van der Waals surface area (Å²) in [5.41, 5.74) is 6.66. The van der Waals surface area contributed by atoms with Gasteiger partial charge in [-0.15, -0.1) is 0 Å². The van der Waals surface area contributed by atoms with Crippen LogP contribution < -0.4 is 11.1 Å². The molecule has 20 heavy (non-hydrogen) atoms. The summed E-state index contributed by atoms with van der Waals surface area (Å²) in [4.78, 5) is 11.6. The average molecular weight is 301 g/mol. The number of rotatable bonds is 8. The second-order valence-electron chi connectivity index (χ2n) is 4.41. The van der Waals surface area contributed by atoms with Crippen molar-refractivity contribution in [2.24, 2.45) is 5.73 Å². The van der Waals surface area contributed by atoms with Gasteiger partial charge in [0.2, 0.25) is 0 Å². The number of anilines is 1. The highest BCUT2D eigenvalue weighted by Crippen LogP contribution is 2.22. The van der Waals surface area contributed by atoms with E-state index in [1.165, 1.54) is 7.11 Å². The molecule has 0 saturated heterocycles. The number of carbonyl (C=O) groups excluding carboxylic acids is 1. The van der Waals surface area contributed by atoms with Crippen LogP contribution in [0.5, 0.6) is 0 Å². The minimum absolute atomic E-state index is 0.134. The lowest BCUT2D eigenvalue weighted by Crippen LogP contribution is -2.26. The van der Waals surface area contributed by atoms with Gasteiger partial charge in [0, 0.05) is 18.8 Å². The van der Waals surface area contributed by atoms with Crippen LogP contribution in [-0.4, -0.2) is 39.4 Å². The maximum atomic E-state index is 11.6. The summed E-state index contributed by atoms with van der Waals surface area (Å²) in [6.45, 7) is 1.20. The first-order valence-electron chi connectivity index (χ1n) is 6.45. The van der Waals surface area contributed by atoms with E-state index in [2.05, 4.69) is 5.32 Å². The van der Waals surface area contributed by atoms with Crippen LogP contribution in [-0.2, 0) is 9.47 Å². The molecule has 0 aromatic heterocycles. The van der Waals surface area contributed by atoms with E-state index < -0.39 is 5.97 Å². The zero-order valence-corrected chi connectivity index (χ0v) is 12.6. The predicted octanol–water partition coefficient (Wildman–Crippen LogP) is 2.29. The third kappa shape index (κ3) is 5.00. The summed E-state index contributed by atoms with van der Waals surface area (Å²) in [5, 5.41) is 3.68. The van der Waals surface area contributed by atoms with E-state index in [9.17, 15) is 4.79 Å². The van der Waals surface area contributed by atoms with Crippen LogP contribution >= 0.6 is 11.6 Å². The van der Waals surface area contributed by atoms with Crippen molar-refractivity contribution in [2.75, 3.05) is 32.7 Å². The van der Waals surface area contributed by atoms with Gasteiger partial charge >= 0.3 is 5.97 Å². The Balaban J connectivity index is 2.81. The molecule has 0 fully saturated rings. The third-order valence-corrected chi connectivity index (χ3v) is 3.20. The number of methoxy groups -OCH3 is 2. The third-order valence-electron chi connectivity index (χ3n) is 2.87. The van der Waals surface area contributed by atoms with E-state index in [0.29, 0.717) is 23.7 Å². The maximum absolute atomic E-state index is 11.6. The summed E-state index contributed by atoms with van der Waals surface area (Å²) in [6.07, 6.45) is 1.79. The molecular weight excluding hydrogens is 280 g/mol. The number of carbonyl (C=O) groups is 1. The van der Waals surface area contributed by atoms with Gasteiger partial charge < -0.3 is 20.5 Å². The Labute approximate surface area is 124 Å². The van der Waals surface area contributed by atoms with Gasteiger partial charge in [-0.05, 0) is 37.6 Å². The van der Waals surface area contributed by atoms with Crippen LogP contribution in [0.15, 0.2) is 18.2 Å². The van der Waals surface area contributed by atoms with Gasteiger partial charge in [0.1, 0.15) is 0 Å². The van der Waals surface area contributed by atoms with Crippen molar-refractivity contribution in [3.63, 3.8) is 0 Å². The molecule has 0 aliphatic rings. The van der Waals surface area contributed by atoms with Gasteiger partial charge in [-0.3, -0.25) is 0 Å². The monoisotopic (exact) mass is 300 g/mol. The van der Waals surface area contributed by atoms with E-state index in [4.69, 9.17) is 26.8 Å². The second kappa shape index (κ2) is 8.79. The molecule has 0 aliphatic carbocycles. The molecule has 3 N–H and O–H groups in total. The molecule has 0 amide bonds. The summed E-state index contributed by atoms with van der Waals surface area (Å²) >= 11 is 5.98. The molecule has 0 saturated carbocycles. The standard InChI is InChI=1S/C14H21ClN2O3/c1-19-9-11(4-3-7-16)17-10-5-6-13(15)12(8-10)14(18)20-2/h5-6,8,11,17H,3-4,7,9,16H2,1-2H3. The Kier molecular flexibility index (Phi) is 7.36. The quantitative estimate of drug-likeness (QED) is 0.721. The zero-order valence-electron chi connectivity index (χ0n) is 11.8. The number of benzene rings is 1. The van der Waals surface area contributed by atoms with Crippen molar-refractivity contribution in [3.8, 4) is 0 Å². The molecule has 5 nitrogen and oxygen atoms in total. The van der Waals surface area contributed by atoms with Gasteiger partial charge in [-0.1, -0.05) is 11.6 Å². The Hall–Kier alpha value is -1.30. The minimum Gasteiger partial charge on any atom is -0.465 e. The van der Waals surface area contributed by atoms with E-state index in [1.54, 1.807) is 19.2 Å².